The van der Waals surface area contributed by atoms with Gasteiger partial charge in [0.05, 0.1) is 5.51 Å². The number of hydrogen-bond donors (Lipinski definition) is 0. The summed E-state index contributed by atoms with van der Waals surface area (Å²) in [4.78, 5) is 25.0. The van der Waals surface area contributed by atoms with E-state index in [1.807, 2.05) is 22.7 Å². The van der Waals surface area contributed by atoms with Gasteiger partial charge in [-0.25, -0.2) is 4.98 Å². The van der Waals surface area contributed by atoms with Crippen molar-refractivity contribution in [2.24, 2.45) is 11.8 Å². The third-order valence-electron chi connectivity index (χ3n) is 4.66. The fraction of sp³-hybridized carbons (Fsp3) is 0.438. The van der Waals surface area contributed by atoms with Crippen LogP contribution in [-0.4, -0.2) is 51.9 Å². The van der Waals surface area contributed by atoms with E-state index in [-0.39, 0.29) is 5.91 Å². The van der Waals surface area contributed by atoms with Crippen molar-refractivity contribution in [3.8, 4) is 0 Å². The standard InChI is InChI=1S/C16H18N4OS/c21-16(15-10-22-11-18-15)20-8-13-6-19(7-14(13)9-20)5-12-1-3-17-4-2-12/h1-4,10-11,13-14H,5-9H2. The SMILES string of the molecule is O=C(c1cscn1)N1CC2CN(Cc3ccncc3)CC2C1. The average Bonchev–Trinajstić information content (AvgIpc) is 3.23. The highest BCUT2D eigenvalue weighted by Crippen LogP contribution is 2.32. The van der Waals surface area contributed by atoms with Gasteiger partial charge in [0.15, 0.2) is 0 Å². The second kappa shape index (κ2) is 5.78. The number of aromatic nitrogens is 2. The average molecular weight is 314 g/mol. The molecule has 2 aliphatic heterocycles. The molecule has 0 radical (unpaired) electrons. The van der Waals surface area contributed by atoms with Gasteiger partial charge in [-0.2, -0.15) is 0 Å². The maximum atomic E-state index is 12.4. The molecule has 4 rings (SSSR count). The third-order valence-corrected chi connectivity index (χ3v) is 5.24. The Hall–Kier alpha value is -1.79. The minimum atomic E-state index is 0.0938. The fourth-order valence-corrected chi connectivity index (χ4v) is 4.14. The molecule has 2 unspecified atom stereocenters. The van der Waals surface area contributed by atoms with Gasteiger partial charge in [-0.3, -0.25) is 14.7 Å². The van der Waals surface area contributed by atoms with Gasteiger partial charge in [-0.1, -0.05) is 0 Å². The molecule has 1 amide bonds. The number of nitrogens with zero attached hydrogens (tertiary/aromatic N) is 4. The normalized spacial score (nSPS) is 24.6. The van der Waals surface area contributed by atoms with E-state index in [1.54, 1.807) is 5.51 Å². The second-order valence-electron chi connectivity index (χ2n) is 6.15. The van der Waals surface area contributed by atoms with Gasteiger partial charge >= 0.3 is 0 Å². The maximum absolute atomic E-state index is 12.4. The van der Waals surface area contributed by atoms with Gasteiger partial charge in [-0.15, -0.1) is 11.3 Å². The van der Waals surface area contributed by atoms with Crippen molar-refractivity contribution in [1.82, 2.24) is 19.8 Å². The van der Waals surface area contributed by atoms with Crippen LogP contribution in [0.25, 0.3) is 0 Å². The first-order valence-corrected chi connectivity index (χ1v) is 8.52. The lowest BCUT2D eigenvalue weighted by molar-refractivity contribution is 0.0768. The minimum absolute atomic E-state index is 0.0938. The lowest BCUT2D eigenvalue weighted by Gasteiger charge is -2.21. The number of fused-ring (bicyclic) bond motifs is 1. The molecule has 2 aromatic heterocycles. The molecule has 2 saturated heterocycles. The first kappa shape index (κ1) is 13.8. The lowest BCUT2D eigenvalue weighted by Crippen LogP contribution is -2.33. The summed E-state index contributed by atoms with van der Waals surface area (Å²) in [6, 6.07) is 4.15. The van der Waals surface area contributed by atoms with Crippen LogP contribution >= 0.6 is 11.3 Å². The number of thiazole rings is 1. The molecule has 2 aromatic rings. The van der Waals surface area contributed by atoms with Gasteiger partial charge in [0.25, 0.3) is 5.91 Å². The highest BCUT2D eigenvalue weighted by Gasteiger charge is 2.41. The summed E-state index contributed by atoms with van der Waals surface area (Å²) in [6.07, 6.45) is 3.70. The highest BCUT2D eigenvalue weighted by molar-refractivity contribution is 7.07. The molecule has 114 valence electrons. The van der Waals surface area contributed by atoms with Crippen LogP contribution in [0, 0.1) is 11.8 Å². The molecule has 0 saturated carbocycles. The van der Waals surface area contributed by atoms with E-state index in [9.17, 15) is 4.79 Å². The van der Waals surface area contributed by atoms with E-state index in [1.165, 1.54) is 16.9 Å². The molecule has 22 heavy (non-hydrogen) atoms. The van der Waals surface area contributed by atoms with Crippen molar-refractivity contribution < 1.29 is 4.79 Å². The molecule has 0 aliphatic carbocycles. The van der Waals surface area contributed by atoms with Crippen molar-refractivity contribution in [2.45, 2.75) is 6.54 Å². The van der Waals surface area contributed by atoms with E-state index in [0.717, 1.165) is 32.7 Å². The fourth-order valence-electron chi connectivity index (χ4n) is 3.61. The molecule has 0 bridgehead atoms. The summed E-state index contributed by atoms with van der Waals surface area (Å²) in [5.41, 5.74) is 3.63. The first-order valence-electron chi connectivity index (χ1n) is 7.58. The molecule has 5 nitrogen and oxygen atoms in total. The monoisotopic (exact) mass is 314 g/mol. The topological polar surface area (TPSA) is 49.3 Å². The Balaban J connectivity index is 1.36. The first-order chi connectivity index (χ1) is 10.8. The van der Waals surface area contributed by atoms with E-state index >= 15 is 0 Å². The van der Waals surface area contributed by atoms with E-state index < -0.39 is 0 Å². The molecule has 6 heteroatoms. The van der Waals surface area contributed by atoms with Crippen LogP contribution in [0.3, 0.4) is 0 Å². The lowest BCUT2D eigenvalue weighted by atomic mass is 10.0. The Labute approximate surface area is 133 Å². The molecule has 0 aromatic carbocycles. The zero-order valence-corrected chi connectivity index (χ0v) is 13.1. The molecule has 2 aliphatic rings. The molecular weight excluding hydrogens is 296 g/mol. The van der Waals surface area contributed by atoms with Crippen LogP contribution in [0.4, 0.5) is 0 Å². The zero-order valence-electron chi connectivity index (χ0n) is 12.3. The molecule has 2 fully saturated rings. The van der Waals surface area contributed by atoms with Crippen molar-refractivity contribution in [3.05, 3.63) is 46.7 Å². The summed E-state index contributed by atoms with van der Waals surface area (Å²) in [7, 11) is 0. The molecule has 0 spiro atoms. The third kappa shape index (κ3) is 2.64. The Morgan fingerprint density at radius 2 is 1.91 bits per heavy atom. The van der Waals surface area contributed by atoms with Crippen molar-refractivity contribution in [1.29, 1.82) is 0 Å². The van der Waals surface area contributed by atoms with Crippen LogP contribution in [0.2, 0.25) is 0 Å². The molecule has 4 heterocycles. The molecule has 0 N–H and O–H groups in total. The number of likely N-dealkylation sites (tertiary alicyclic amines) is 2. The van der Waals surface area contributed by atoms with Crippen molar-refractivity contribution in [3.63, 3.8) is 0 Å². The van der Waals surface area contributed by atoms with E-state index in [0.29, 0.717) is 17.5 Å². The predicted molar refractivity (Wildman–Crippen MR) is 84.5 cm³/mol. The number of carbonyl (C=O) groups is 1. The predicted octanol–water partition coefficient (Wildman–Crippen LogP) is 1.74. The Morgan fingerprint density at radius 1 is 1.18 bits per heavy atom. The summed E-state index contributed by atoms with van der Waals surface area (Å²) < 4.78 is 0. The van der Waals surface area contributed by atoms with Gasteiger partial charge in [-0.05, 0) is 29.5 Å². The number of hydrogen-bond acceptors (Lipinski definition) is 5. The second-order valence-corrected chi connectivity index (χ2v) is 6.87. The van der Waals surface area contributed by atoms with E-state index in [4.69, 9.17) is 0 Å². The number of amides is 1. The van der Waals surface area contributed by atoms with Crippen LogP contribution < -0.4 is 0 Å². The van der Waals surface area contributed by atoms with Crippen LogP contribution in [0.5, 0.6) is 0 Å². The van der Waals surface area contributed by atoms with Crippen LogP contribution in [0.15, 0.2) is 35.4 Å². The minimum Gasteiger partial charge on any atom is -0.337 e. The number of rotatable bonds is 3. The number of carbonyl (C=O) groups excluding carboxylic acids is 1. The Kier molecular flexibility index (Phi) is 3.63. The summed E-state index contributed by atoms with van der Waals surface area (Å²) in [5.74, 6) is 1.30. The van der Waals surface area contributed by atoms with Crippen LogP contribution in [-0.2, 0) is 6.54 Å². The highest BCUT2D eigenvalue weighted by atomic mass is 32.1. The summed E-state index contributed by atoms with van der Waals surface area (Å²) in [6.45, 7) is 4.87. The van der Waals surface area contributed by atoms with Crippen LogP contribution in [0.1, 0.15) is 16.1 Å². The smallest absolute Gasteiger partial charge is 0.273 e. The zero-order chi connectivity index (χ0) is 14.9. The van der Waals surface area contributed by atoms with Gasteiger partial charge < -0.3 is 4.90 Å². The van der Waals surface area contributed by atoms with E-state index in [2.05, 4.69) is 27.0 Å². The van der Waals surface area contributed by atoms with Gasteiger partial charge in [0.2, 0.25) is 0 Å². The van der Waals surface area contributed by atoms with Crippen molar-refractivity contribution >= 4 is 17.2 Å². The largest absolute Gasteiger partial charge is 0.337 e. The van der Waals surface area contributed by atoms with Gasteiger partial charge in [0, 0.05) is 50.5 Å². The number of pyridine rings is 1. The van der Waals surface area contributed by atoms with Crippen molar-refractivity contribution in [2.75, 3.05) is 26.2 Å². The Bertz CT molecular complexity index is 631. The molecule has 2 atom stereocenters. The Morgan fingerprint density at radius 3 is 2.55 bits per heavy atom. The summed E-state index contributed by atoms with van der Waals surface area (Å²) in [5, 5.41) is 1.84. The maximum Gasteiger partial charge on any atom is 0.273 e. The summed E-state index contributed by atoms with van der Waals surface area (Å²) >= 11 is 1.48. The quantitative estimate of drug-likeness (QED) is 0.866. The van der Waals surface area contributed by atoms with Gasteiger partial charge in [0.1, 0.15) is 5.69 Å². The molecular formula is C16H18N4OS.